The number of hydrogen-bond donors (Lipinski definition) is 0. The summed E-state index contributed by atoms with van der Waals surface area (Å²) in [6.07, 6.45) is 8.65. The molecule has 0 aromatic heterocycles. The Balaban J connectivity index is 0.00000117. The fourth-order valence-corrected chi connectivity index (χ4v) is 3.84. The second kappa shape index (κ2) is 10.4. The molecule has 0 saturated heterocycles. The Morgan fingerprint density at radius 2 is 1.62 bits per heavy atom. The lowest BCUT2D eigenvalue weighted by Gasteiger charge is -2.21. The molecule has 3 rings (SSSR count). The van der Waals surface area contributed by atoms with Crippen molar-refractivity contribution in [2.24, 2.45) is 0 Å². The van der Waals surface area contributed by atoms with Gasteiger partial charge in [0.25, 0.3) is 0 Å². The van der Waals surface area contributed by atoms with E-state index < -0.39 is 0 Å². The van der Waals surface area contributed by atoms with E-state index in [0.717, 1.165) is 12.0 Å². The predicted octanol–water partition coefficient (Wildman–Crippen LogP) is 7.53. The molecule has 2 heteroatoms. The van der Waals surface area contributed by atoms with Gasteiger partial charge < -0.3 is 4.74 Å². The standard InChI is InChI=1S/C22H27FO.C2H6/c1-3-16-10-12-19(21-15-18(24-2)11-13-22(21)23)20(14-16)17-8-6-4-5-7-9-17;1-2/h10-15,17H,3-9H2,1-2H3;1-2H3. The molecule has 1 saturated carbocycles. The Morgan fingerprint density at radius 1 is 0.923 bits per heavy atom. The summed E-state index contributed by atoms with van der Waals surface area (Å²) in [5, 5.41) is 0. The molecule has 0 spiro atoms. The van der Waals surface area contributed by atoms with Crippen molar-refractivity contribution in [2.45, 2.75) is 71.6 Å². The predicted molar refractivity (Wildman–Crippen MR) is 110 cm³/mol. The van der Waals surface area contributed by atoms with Crippen molar-refractivity contribution >= 4 is 0 Å². The molecule has 0 heterocycles. The third-order valence-electron chi connectivity index (χ3n) is 5.28. The van der Waals surface area contributed by atoms with Crippen molar-refractivity contribution in [3.05, 3.63) is 53.3 Å². The highest BCUT2D eigenvalue weighted by molar-refractivity contribution is 5.70. The number of ether oxygens (including phenoxy) is 1. The summed E-state index contributed by atoms with van der Waals surface area (Å²) in [5.74, 6) is 1.08. The summed E-state index contributed by atoms with van der Waals surface area (Å²) in [4.78, 5) is 0. The maximum atomic E-state index is 14.5. The van der Waals surface area contributed by atoms with Crippen LogP contribution in [0, 0.1) is 5.82 Å². The molecular formula is C24H33FO. The summed E-state index contributed by atoms with van der Waals surface area (Å²) in [6.45, 7) is 6.18. The van der Waals surface area contributed by atoms with E-state index in [-0.39, 0.29) is 5.82 Å². The number of aryl methyl sites for hydroxylation is 1. The molecule has 0 atom stereocenters. The van der Waals surface area contributed by atoms with Crippen LogP contribution >= 0.6 is 0 Å². The van der Waals surface area contributed by atoms with Crippen LogP contribution in [0.15, 0.2) is 36.4 Å². The third-order valence-corrected chi connectivity index (χ3v) is 5.28. The summed E-state index contributed by atoms with van der Waals surface area (Å²) >= 11 is 0. The largest absolute Gasteiger partial charge is 0.497 e. The van der Waals surface area contributed by atoms with Gasteiger partial charge in [-0.15, -0.1) is 0 Å². The summed E-state index contributed by atoms with van der Waals surface area (Å²) in [5.41, 5.74) is 4.36. The van der Waals surface area contributed by atoms with E-state index in [9.17, 15) is 4.39 Å². The third kappa shape index (κ3) is 4.87. The lowest BCUT2D eigenvalue weighted by Crippen LogP contribution is -2.02. The SMILES string of the molecule is CC.CCc1ccc(-c2cc(OC)ccc2F)c(C2CCCCCC2)c1. The van der Waals surface area contributed by atoms with Crippen LogP contribution in [0.4, 0.5) is 4.39 Å². The maximum absolute atomic E-state index is 14.5. The molecule has 1 fully saturated rings. The monoisotopic (exact) mass is 356 g/mol. The highest BCUT2D eigenvalue weighted by atomic mass is 19.1. The van der Waals surface area contributed by atoms with Crippen LogP contribution < -0.4 is 4.74 Å². The van der Waals surface area contributed by atoms with Gasteiger partial charge in [-0.2, -0.15) is 0 Å². The Bertz CT molecular complexity index is 685. The van der Waals surface area contributed by atoms with E-state index in [0.29, 0.717) is 17.2 Å². The molecule has 0 aliphatic heterocycles. The van der Waals surface area contributed by atoms with E-state index in [1.807, 2.05) is 19.9 Å². The Morgan fingerprint density at radius 3 is 2.23 bits per heavy atom. The van der Waals surface area contributed by atoms with Gasteiger partial charge in [0.1, 0.15) is 11.6 Å². The molecule has 1 aliphatic carbocycles. The highest BCUT2D eigenvalue weighted by Crippen LogP contribution is 2.39. The minimum Gasteiger partial charge on any atom is -0.497 e. The molecule has 2 aromatic carbocycles. The lowest BCUT2D eigenvalue weighted by atomic mass is 9.84. The zero-order valence-corrected chi connectivity index (χ0v) is 16.8. The van der Waals surface area contributed by atoms with Crippen LogP contribution in [-0.4, -0.2) is 7.11 Å². The van der Waals surface area contributed by atoms with Gasteiger partial charge >= 0.3 is 0 Å². The Labute approximate surface area is 158 Å². The van der Waals surface area contributed by atoms with Gasteiger partial charge in [-0.05, 0) is 60.1 Å². The van der Waals surface area contributed by atoms with E-state index in [1.165, 1.54) is 55.7 Å². The lowest BCUT2D eigenvalue weighted by molar-refractivity contribution is 0.414. The first kappa shape index (κ1) is 20.5. The maximum Gasteiger partial charge on any atom is 0.131 e. The average molecular weight is 357 g/mol. The molecule has 1 aliphatic rings. The van der Waals surface area contributed by atoms with Gasteiger partial charge in [0.05, 0.1) is 7.11 Å². The molecule has 26 heavy (non-hydrogen) atoms. The van der Waals surface area contributed by atoms with Gasteiger partial charge in [-0.3, -0.25) is 0 Å². The summed E-state index contributed by atoms with van der Waals surface area (Å²) < 4.78 is 19.9. The second-order valence-corrected chi connectivity index (χ2v) is 6.81. The molecule has 0 unspecified atom stereocenters. The van der Waals surface area contributed by atoms with Crippen LogP contribution in [0.1, 0.15) is 76.3 Å². The summed E-state index contributed by atoms with van der Waals surface area (Å²) in [7, 11) is 1.63. The number of benzene rings is 2. The highest BCUT2D eigenvalue weighted by Gasteiger charge is 2.20. The van der Waals surface area contributed by atoms with Crippen molar-refractivity contribution in [3.8, 4) is 16.9 Å². The summed E-state index contributed by atoms with van der Waals surface area (Å²) in [6, 6.07) is 11.6. The minimum atomic E-state index is -0.171. The quantitative estimate of drug-likeness (QED) is 0.514. The topological polar surface area (TPSA) is 9.23 Å². The van der Waals surface area contributed by atoms with Gasteiger partial charge in [-0.25, -0.2) is 4.39 Å². The van der Waals surface area contributed by atoms with Gasteiger partial charge in [0.2, 0.25) is 0 Å². The first-order valence-corrected chi connectivity index (χ1v) is 10.2. The molecule has 0 bridgehead atoms. The number of methoxy groups -OCH3 is 1. The van der Waals surface area contributed by atoms with Gasteiger partial charge in [0, 0.05) is 5.56 Å². The number of rotatable bonds is 4. The van der Waals surface area contributed by atoms with E-state index in [1.54, 1.807) is 13.2 Å². The van der Waals surface area contributed by atoms with E-state index in [2.05, 4.69) is 25.1 Å². The van der Waals surface area contributed by atoms with Crippen molar-refractivity contribution < 1.29 is 9.13 Å². The zero-order chi connectivity index (χ0) is 18.9. The van der Waals surface area contributed by atoms with Crippen LogP contribution in [-0.2, 0) is 6.42 Å². The fraction of sp³-hybridized carbons (Fsp3) is 0.500. The van der Waals surface area contributed by atoms with Gasteiger partial charge in [-0.1, -0.05) is 64.7 Å². The normalized spacial score (nSPS) is 15.0. The average Bonchev–Trinajstić information content (AvgIpc) is 2.99. The second-order valence-electron chi connectivity index (χ2n) is 6.81. The van der Waals surface area contributed by atoms with Crippen LogP contribution in [0.25, 0.3) is 11.1 Å². The Hall–Kier alpha value is -1.83. The van der Waals surface area contributed by atoms with E-state index >= 15 is 0 Å². The fourth-order valence-electron chi connectivity index (χ4n) is 3.84. The number of hydrogen-bond acceptors (Lipinski definition) is 1. The number of halogens is 1. The van der Waals surface area contributed by atoms with Crippen molar-refractivity contribution in [2.75, 3.05) is 7.11 Å². The van der Waals surface area contributed by atoms with E-state index in [4.69, 9.17) is 4.74 Å². The van der Waals surface area contributed by atoms with Crippen molar-refractivity contribution in [1.82, 2.24) is 0 Å². The van der Waals surface area contributed by atoms with Crippen LogP contribution in [0.3, 0.4) is 0 Å². The zero-order valence-electron chi connectivity index (χ0n) is 16.8. The molecule has 0 amide bonds. The first-order chi connectivity index (χ1) is 12.7. The van der Waals surface area contributed by atoms with Crippen molar-refractivity contribution in [3.63, 3.8) is 0 Å². The Kier molecular flexibility index (Phi) is 8.15. The van der Waals surface area contributed by atoms with Crippen LogP contribution in [0.2, 0.25) is 0 Å². The molecule has 1 nitrogen and oxygen atoms in total. The smallest absolute Gasteiger partial charge is 0.131 e. The van der Waals surface area contributed by atoms with Crippen molar-refractivity contribution in [1.29, 1.82) is 0 Å². The molecule has 142 valence electrons. The minimum absolute atomic E-state index is 0.171. The molecule has 2 aromatic rings. The van der Waals surface area contributed by atoms with Gasteiger partial charge in [0.15, 0.2) is 0 Å². The molecule has 0 N–H and O–H groups in total. The van der Waals surface area contributed by atoms with Crippen LogP contribution in [0.5, 0.6) is 5.75 Å². The first-order valence-electron chi connectivity index (χ1n) is 10.2. The molecular weight excluding hydrogens is 323 g/mol. The molecule has 0 radical (unpaired) electrons.